The van der Waals surface area contributed by atoms with E-state index in [0.717, 1.165) is 38.5 Å². The van der Waals surface area contributed by atoms with Crippen molar-refractivity contribution in [1.82, 2.24) is 0 Å². The summed E-state index contributed by atoms with van der Waals surface area (Å²) in [6, 6.07) is 0. The van der Waals surface area contributed by atoms with Crippen LogP contribution in [0.25, 0.3) is 0 Å². The predicted octanol–water partition coefficient (Wildman–Crippen LogP) is 13.8. The molecule has 0 bridgehead atoms. The number of carbonyl (C=O) groups excluding carboxylic acids is 1. The molecule has 0 radical (unpaired) electrons. The van der Waals surface area contributed by atoms with Crippen molar-refractivity contribution in [3.63, 3.8) is 0 Å². The maximum atomic E-state index is 12.9. The molecule has 0 aromatic rings. The molecule has 1 heterocycles. The van der Waals surface area contributed by atoms with E-state index in [1.54, 1.807) is 0 Å². The van der Waals surface area contributed by atoms with Gasteiger partial charge in [0, 0.05) is 13.0 Å². The highest BCUT2D eigenvalue weighted by atomic mass is 32.3. The summed E-state index contributed by atoms with van der Waals surface area (Å²) in [7, 11) is -5.06. The van der Waals surface area contributed by atoms with Crippen LogP contribution in [-0.4, -0.2) is 97.5 Å². The minimum Gasteiger partial charge on any atom is -0.457 e. The first-order valence-corrected chi connectivity index (χ1v) is 29.8. The Kier molecular flexibility index (Phi) is 44.7. The summed E-state index contributed by atoms with van der Waals surface area (Å²) in [6.45, 7) is 4.05. The third-order valence-electron chi connectivity index (χ3n) is 13.4. The summed E-state index contributed by atoms with van der Waals surface area (Å²) in [5.41, 5.74) is 0. The summed E-state index contributed by atoms with van der Waals surface area (Å²) in [6.07, 6.45) is 45.3. The van der Waals surface area contributed by atoms with Crippen molar-refractivity contribution in [3.8, 4) is 0 Å². The van der Waals surface area contributed by atoms with Crippen molar-refractivity contribution < 1.29 is 56.2 Å². The van der Waals surface area contributed by atoms with E-state index in [1.807, 2.05) is 0 Å². The van der Waals surface area contributed by atoms with Crippen LogP contribution in [0.2, 0.25) is 0 Å². The van der Waals surface area contributed by atoms with Crippen molar-refractivity contribution >= 4 is 16.4 Å². The molecule has 13 heteroatoms. The van der Waals surface area contributed by atoms with Crippen LogP contribution in [0.4, 0.5) is 0 Å². The summed E-state index contributed by atoms with van der Waals surface area (Å²) < 4.78 is 59.4. The van der Waals surface area contributed by atoms with Crippen LogP contribution in [0.5, 0.6) is 0 Å². The zero-order chi connectivity index (χ0) is 49.6. The third-order valence-corrected chi connectivity index (χ3v) is 13.9. The Morgan fingerprint density at radius 3 is 1.32 bits per heavy atom. The zero-order valence-electron chi connectivity index (χ0n) is 43.7. The summed E-state index contributed by atoms with van der Waals surface area (Å²) in [4.78, 5) is 12.9. The number of aliphatic hydroxyl groups is 3. The van der Waals surface area contributed by atoms with Crippen LogP contribution in [0.1, 0.15) is 271 Å². The number of hydrogen-bond acceptors (Lipinski definition) is 11. The van der Waals surface area contributed by atoms with Gasteiger partial charge in [0.2, 0.25) is 0 Å². The van der Waals surface area contributed by atoms with Crippen LogP contribution in [0.15, 0.2) is 12.2 Å². The number of carbonyl (C=O) groups is 1. The Labute approximate surface area is 417 Å². The van der Waals surface area contributed by atoms with Gasteiger partial charge in [0.1, 0.15) is 30.5 Å². The van der Waals surface area contributed by atoms with Crippen LogP contribution in [-0.2, 0) is 38.3 Å². The van der Waals surface area contributed by atoms with E-state index in [2.05, 4.69) is 30.2 Å². The number of hydrogen-bond donors (Lipinski definition) is 4. The number of allylic oxidation sites excluding steroid dienone is 2. The topological polar surface area (TPSA) is 178 Å². The minimum atomic E-state index is -5.06. The van der Waals surface area contributed by atoms with Crippen LogP contribution >= 0.6 is 0 Å². The van der Waals surface area contributed by atoms with E-state index in [1.165, 1.54) is 205 Å². The Morgan fingerprint density at radius 1 is 0.544 bits per heavy atom. The Morgan fingerprint density at radius 2 is 0.926 bits per heavy atom. The fraction of sp³-hybridized carbons (Fsp3) is 0.945. The normalized spacial score (nSPS) is 19.3. The lowest BCUT2D eigenvalue weighted by atomic mass is 9.99. The molecule has 1 aliphatic rings. The molecule has 0 spiro atoms. The molecule has 6 unspecified atom stereocenters. The lowest BCUT2D eigenvalue weighted by molar-refractivity contribution is -0.301. The van der Waals surface area contributed by atoms with Crippen LogP contribution in [0, 0.1) is 0 Å². The molecule has 1 fully saturated rings. The highest BCUT2D eigenvalue weighted by Crippen LogP contribution is 2.26. The molecule has 1 saturated heterocycles. The number of esters is 1. The maximum absolute atomic E-state index is 12.9. The molecule has 404 valence electrons. The molecule has 1 aliphatic heterocycles. The second-order valence-electron chi connectivity index (χ2n) is 19.9. The van der Waals surface area contributed by atoms with Gasteiger partial charge in [-0.2, -0.15) is 8.42 Å². The SMILES string of the molecule is CCCCCCCCCC/C=C\CCCCCCCCCCCCOCC(COC1OC(CO)C(O)C(OS(=O)(=O)O)C1O)OC(=O)CCCCCCCCCCCCCCCCCCCCC. The van der Waals surface area contributed by atoms with Gasteiger partial charge in [-0.3, -0.25) is 9.35 Å². The van der Waals surface area contributed by atoms with Gasteiger partial charge in [-0.1, -0.05) is 238 Å². The lowest BCUT2D eigenvalue weighted by Crippen LogP contribution is -2.60. The number of aliphatic hydroxyl groups excluding tert-OH is 3. The monoisotopic (exact) mass is 991 g/mol. The van der Waals surface area contributed by atoms with Gasteiger partial charge in [-0.25, -0.2) is 4.18 Å². The molecule has 68 heavy (non-hydrogen) atoms. The van der Waals surface area contributed by atoms with E-state index < -0.39 is 59.8 Å². The number of ether oxygens (including phenoxy) is 4. The smallest absolute Gasteiger partial charge is 0.397 e. The predicted molar refractivity (Wildman–Crippen MR) is 276 cm³/mol. The molecule has 0 aromatic carbocycles. The standard InChI is InChI=1S/C55H106O12S/c1-3-5-7-9-11-13-15-17-19-21-23-24-25-27-29-31-33-35-37-39-41-43-45-63-47-49(48-64-55-53(59)54(67-68(60,61)62)52(58)50(46-56)66-55)65-51(57)44-42-40-38-36-34-32-30-28-26-22-20-18-16-14-12-10-8-6-4-2/h21,23,49-50,52-56,58-59H,3-20,22,24-48H2,1-2H3,(H,60,61,62)/b23-21-. The molecular weight excluding hydrogens is 885 g/mol. The molecule has 1 rings (SSSR count). The average Bonchev–Trinajstić information content (AvgIpc) is 3.31. The van der Waals surface area contributed by atoms with Gasteiger partial charge in [0.25, 0.3) is 0 Å². The number of unbranched alkanes of at least 4 members (excludes halogenated alkanes) is 36. The molecule has 4 N–H and O–H groups in total. The summed E-state index contributed by atoms with van der Waals surface area (Å²) in [5, 5.41) is 30.8. The number of rotatable bonds is 51. The first-order chi connectivity index (χ1) is 33.1. The van der Waals surface area contributed by atoms with Gasteiger partial charge >= 0.3 is 16.4 Å². The van der Waals surface area contributed by atoms with E-state index in [9.17, 15) is 33.1 Å². The van der Waals surface area contributed by atoms with Crippen molar-refractivity contribution in [3.05, 3.63) is 12.2 Å². The highest BCUT2D eigenvalue weighted by molar-refractivity contribution is 7.80. The van der Waals surface area contributed by atoms with Gasteiger partial charge in [-0.05, 0) is 38.5 Å². The first kappa shape index (κ1) is 64.9. The molecule has 0 aliphatic carbocycles. The Balaban J connectivity index is 2.29. The molecule has 0 aromatic heterocycles. The van der Waals surface area contributed by atoms with E-state index in [-0.39, 0.29) is 19.6 Å². The maximum Gasteiger partial charge on any atom is 0.397 e. The van der Waals surface area contributed by atoms with E-state index >= 15 is 0 Å². The van der Waals surface area contributed by atoms with Gasteiger partial charge in [0.15, 0.2) is 6.29 Å². The van der Waals surface area contributed by atoms with Crippen LogP contribution < -0.4 is 0 Å². The fourth-order valence-corrected chi connectivity index (χ4v) is 9.59. The largest absolute Gasteiger partial charge is 0.457 e. The summed E-state index contributed by atoms with van der Waals surface area (Å²) >= 11 is 0. The second kappa shape index (κ2) is 46.9. The van der Waals surface area contributed by atoms with Gasteiger partial charge < -0.3 is 34.3 Å². The van der Waals surface area contributed by atoms with E-state index in [0.29, 0.717) is 13.0 Å². The molecule has 6 atom stereocenters. The first-order valence-electron chi connectivity index (χ1n) is 28.4. The molecular formula is C55H106O12S. The average molecular weight is 992 g/mol. The highest BCUT2D eigenvalue weighted by Gasteiger charge is 2.48. The van der Waals surface area contributed by atoms with E-state index in [4.69, 9.17) is 18.9 Å². The van der Waals surface area contributed by atoms with Crippen molar-refractivity contribution in [2.75, 3.05) is 26.4 Å². The van der Waals surface area contributed by atoms with Gasteiger partial charge in [-0.15, -0.1) is 0 Å². The second-order valence-corrected chi connectivity index (χ2v) is 20.9. The molecule has 12 nitrogen and oxygen atoms in total. The van der Waals surface area contributed by atoms with Gasteiger partial charge in [0.05, 0.1) is 19.8 Å². The third kappa shape index (κ3) is 39.5. The fourth-order valence-electron chi connectivity index (χ4n) is 9.08. The van der Waals surface area contributed by atoms with Crippen molar-refractivity contribution in [2.45, 2.75) is 307 Å². The molecule has 0 saturated carbocycles. The van der Waals surface area contributed by atoms with Crippen molar-refractivity contribution in [1.29, 1.82) is 0 Å². The van der Waals surface area contributed by atoms with Crippen LogP contribution in [0.3, 0.4) is 0 Å². The lowest BCUT2D eigenvalue weighted by Gasteiger charge is -2.41. The zero-order valence-corrected chi connectivity index (χ0v) is 44.5. The Bertz CT molecular complexity index is 1240. The minimum absolute atomic E-state index is 0.0415. The summed E-state index contributed by atoms with van der Waals surface area (Å²) in [5.74, 6) is -0.392. The van der Waals surface area contributed by atoms with Crippen molar-refractivity contribution in [2.24, 2.45) is 0 Å². The Hall–Kier alpha value is -1.16. The molecule has 0 amide bonds. The quantitative estimate of drug-likeness (QED) is 0.0196.